The Kier molecular flexibility index (Phi) is 5.41. The molecule has 1 N–H and O–H groups in total. The molecule has 2 aliphatic rings. The molecule has 2 heterocycles. The molecule has 0 radical (unpaired) electrons. The summed E-state index contributed by atoms with van der Waals surface area (Å²) in [5.74, 6) is 0.0872. The Morgan fingerprint density at radius 3 is 2.90 bits per heavy atom. The summed E-state index contributed by atoms with van der Waals surface area (Å²) in [6.07, 6.45) is 3.63. The van der Waals surface area contributed by atoms with Gasteiger partial charge in [-0.2, -0.15) is 5.26 Å². The minimum absolute atomic E-state index is 0.288. The number of hydrogen-bond acceptors (Lipinski definition) is 6. The predicted molar refractivity (Wildman–Crippen MR) is 109 cm³/mol. The van der Waals surface area contributed by atoms with Crippen molar-refractivity contribution in [2.75, 3.05) is 24.3 Å². The van der Waals surface area contributed by atoms with Gasteiger partial charge in [0.2, 0.25) is 0 Å². The van der Waals surface area contributed by atoms with Crippen molar-refractivity contribution in [3.05, 3.63) is 52.7 Å². The van der Waals surface area contributed by atoms with Crippen molar-refractivity contribution in [1.29, 1.82) is 5.26 Å². The van der Waals surface area contributed by atoms with Crippen LogP contribution in [0.5, 0.6) is 0 Å². The molecule has 0 bridgehead atoms. The number of hydrogen-bond donors (Lipinski definition) is 1. The molecule has 148 valence electrons. The Morgan fingerprint density at radius 1 is 1.41 bits per heavy atom. The number of anilines is 1. The smallest absolute Gasteiger partial charge is 0.414 e. The molecule has 0 spiro atoms. The fourth-order valence-corrected chi connectivity index (χ4v) is 3.86. The van der Waals surface area contributed by atoms with E-state index in [2.05, 4.69) is 16.4 Å². The van der Waals surface area contributed by atoms with E-state index in [1.54, 1.807) is 11.0 Å². The SMILES string of the molecule is CSc1nc(C2CC2)cc(C(=O)NCc2cccc(N3CCOC3=O)c2)c1C#N. The first-order valence-electron chi connectivity index (χ1n) is 9.41. The van der Waals surface area contributed by atoms with E-state index < -0.39 is 0 Å². The molecule has 1 saturated heterocycles. The summed E-state index contributed by atoms with van der Waals surface area (Å²) >= 11 is 1.38. The van der Waals surface area contributed by atoms with Crippen molar-refractivity contribution >= 4 is 29.4 Å². The molecule has 2 amide bonds. The zero-order chi connectivity index (χ0) is 20.4. The number of carbonyl (C=O) groups excluding carboxylic acids is 2. The lowest BCUT2D eigenvalue weighted by molar-refractivity contribution is 0.0950. The molecule has 1 saturated carbocycles. The lowest BCUT2D eigenvalue weighted by atomic mass is 10.1. The molecule has 7 nitrogen and oxygen atoms in total. The molecule has 1 aliphatic heterocycles. The summed E-state index contributed by atoms with van der Waals surface area (Å²) in [5.41, 5.74) is 3.16. The number of carbonyl (C=O) groups is 2. The van der Waals surface area contributed by atoms with E-state index in [1.807, 2.05) is 30.5 Å². The van der Waals surface area contributed by atoms with Crippen LogP contribution in [0, 0.1) is 11.3 Å². The van der Waals surface area contributed by atoms with E-state index in [-0.39, 0.29) is 18.5 Å². The highest BCUT2D eigenvalue weighted by Gasteiger charge is 2.28. The maximum Gasteiger partial charge on any atom is 0.414 e. The second-order valence-electron chi connectivity index (χ2n) is 6.98. The van der Waals surface area contributed by atoms with E-state index >= 15 is 0 Å². The van der Waals surface area contributed by atoms with E-state index in [0.29, 0.717) is 35.2 Å². The van der Waals surface area contributed by atoms with Crippen molar-refractivity contribution in [2.45, 2.75) is 30.3 Å². The summed E-state index contributed by atoms with van der Waals surface area (Å²) in [6, 6.07) is 11.3. The van der Waals surface area contributed by atoms with Gasteiger partial charge < -0.3 is 10.1 Å². The fourth-order valence-electron chi connectivity index (χ4n) is 3.30. The van der Waals surface area contributed by atoms with Gasteiger partial charge in [-0.3, -0.25) is 9.69 Å². The molecule has 4 rings (SSSR count). The first-order valence-corrected chi connectivity index (χ1v) is 10.6. The Morgan fingerprint density at radius 2 is 2.24 bits per heavy atom. The second-order valence-corrected chi connectivity index (χ2v) is 7.78. The Balaban J connectivity index is 1.52. The number of amides is 2. The fraction of sp³-hybridized carbons (Fsp3) is 0.333. The third-order valence-electron chi connectivity index (χ3n) is 4.99. The van der Waals surface area contributed by atoms with E-state index in [0.717, 1.165) is 29.8 Å². The molecule has 8 heteroatoms. The van der Waals surface area contributed by atoms with Gasteiger partial charge in [0.15, 0.2) is 0 Å². The lowest BCUT2D eigenvalue weighted by Gasteiger charge is -2.14. The van der Waals surface area contributed by atoms with E-state index in [4.69, 9.17) is 4.74 Å². The van der Waals surface area contributed by atoms with Crippen LogP contribution in [-0.2, 0) is 11.3 Å². The average Bonchev–Trinajstić information content (AvgIpc) is 3.51. The van der Waals surface area contributed by atoms with Crippen LogP contribution in [0.2, 0.25) is 0 Å². The molecule has 0 unspecified atom stereocenters. The number of cyclic esters (lactones) is 1. The molecule has 1 aromatic heterocycles. The van der Waals surface area contributed by atoms with Crippen LogP contribution in [0.15, 0.2) is 35.4 Å². The predicted octanol–water partition coefficient (Wildman–Crippen LogP) is 3.44. The summed E-state index contributed by atoms with van der Waals surface area (Å²) in [7, 11) is 0. The molecule has 2 fully saturated rings. The van der Waals surface area contributed by atoms with Gasteiger partial charge in [0, 0.05) is 23.8 Å². The van der Waals surface area contributed by atoms with Gasteiger partial charge in [-0.25, -0.2) is 9.78 Å². The van der Waals surface area contributed by atoms with E-state index in [9.17, 15) is 14.9 Å². The van der Waals surface area contributed by atoms with Crippen LogP contribution in [0.25, 0.3) is 0 Å². The zero-order valence-corrected chi connectivity index (χ0v) is 16.8. The number of pyridine rings is 1. The highest BCUT2D eigenvalue weighted by Crippen LogP contribution is 2.40. The molecular formula is C21H20N4O3S. The van der Waals surface area contributed by atoms with Gasteiger partial charge in [0.25, 0.3) is 5.91 Å². The number of ether oxygens (including phenoxy) is 1. The van der Waals surface area contributed by atoms with Crippen LogP contribution < -0.4 is 10.2 Å². The van der Waals surface area contributed by atoms with Gasteiger partial charge in [-0.05, 0) is 42.9 Å². The van der Waals surface area contributed by atoms with Crippen molar-refractivity contribution in [1.82, 2.24) is 10.3 Å². The average molecular weight is 408 g/mol. The molecule has 1 aromatic carbocycles. The first-order chi connectivity index (χ1) is 14.1. The minimum atomic E-state index is -0.362. The zero-order valence-electron chi connectivity index (χ0n) is 16.0. The minimum Gasteiger partial charge on any atom is -0.447 e. The van der Waals surface area contributed by atoms with Crippen LogP contribution in [-0.4, -0.2) is 36.4 Å². The Labute approximate surface area is 173 Å². The molecule has 29 heavy (non-hydrogen) atoms. The monoisotopic (exact) mass is 408 g/mol. The number of thioether (sulfide) groups is 1. The van der Waals surface area contributed by atoms with Crippen molar-refractivity contribution in [2.24, 2.45) is 0 Å². The summed E-state index contributed by atoms with van der Waals surface area (Å²) in [6.45, 7) is 1.18. The van der Waals surface area contributed by atoms with Crippen molar-refractivity contribution in [3.63, 3.8) is 0 Å². The molecule has 0 atom stereocenters. The quantitative estimate of drug-likeness (QED) is 0.736. The van der Waals surface area contributed by atoms with Crippen LogP contribution in [0.1, 0.15) is 45.9 Å². The number of aromatic nitrogens is 1. The standard InChI is InChI=1S/C21H20N4O3S/c1-29-20-17(11-22)16(10-18(24-20)14-5-6-14)19(26)23-12-13-3-2-4-15(9-13)25-7-8-28-21(25)27/h2-4,9-10,14H,5-8,12H2,1H3,(H,23,26). The number of benzene rings is 1. The summed E-state index contributed by atoms with van der Waals surface area (Å²) in [4.78, 5) is 30.7. The van der Waals surface area contributed by atoms with Crippen molar-refractivity contribution < 1.29 is 14.3 Å². The number of nitriles is 1. The third-order valence-corrected chi connectivity index (χ3v) is 5.67. The summed E-state index contributed by atoms with van der Waals surface area (Å²) in [5, 5.41) is 13.0. The highest BCUT2D eigenvalue weighted by atomic mass is 32.2. The maximum atomic E-state index is 12.9. The van der Waals surface area contributed by atoms with Gasteiger partial charge in [0.1, 0.15) is 17.7 Å². The third kappa shape index (κ3) is 4.05. The van der Waals surface area contributed by atoms with Crippen LogP contribution in [0.3, 0.4) is 0 Å². The second kappa shape index (κ2) is 8.13. The number of rotatable bonds is 6. The van der Waals surface area contributed by atoms with Gasteiger partial charge >= 0.3 is 6.09 Å². The van der Waals surface area contributed by atoms with Crippen molar-refractivity contribution in [3.8, 4) is 6.07 Å². The largest absolute Gasteiger partial charge is 0.447 e. The Hall–Kier alpha value is -3.05. The molecular weight excluding hydrogens is 388 g/mol. The molecule has 1 aliphatic carbocycles. The maximum absolute atomic E-state index is 12.9. The van der Waals surface area contributed by atoms with Crippen LogP contribution >= 0.6 is 11.8 Å². The van der Waals surface area contributed by atoms with E-state index in [1.165, 1.54) is 11.8 Å². The van der Waals surface area contributed by atoms with Gasteiger partial charge in [-0.1, -0.05) is 12.1 Å². The molecule has 2 aromatic rings. The normalized spacial score (nSPS) is 15.7. The number of nitrogens with zero attached hydrogens (tertiary/aromatic N) is 3. The van der Waals surface area contributed by atoms with Gasteiger partial charge in [0.05, 0.1) is 17.7 Å². The number of nitrogens with one attached hydrogen (secondary N) is 1. The Bertz CT molecular complexity index is 1010. The topological polar surface area (TPSA) is 95.3 Å². The first kappa shape index (κ1) is 19.3. The lowest BCUT2D eigenvalue weighted by Crippen LogP contribution is -2.25. The highest BCUT2D eigenvalue weighted by molar-refractivity contribution is 7.98. The summed E-state index contributed by atoms with van der Waals surface area (Å²) < 4.78 is 4.98. The van der Waals surface area contributed by atoms with Gasteiger partial charge in [-0.15, -0.1) is 11.8 Å². The van der Waals surface area contributed by atoms with Crippen LogP contribution in [0.4, 0.5) is 10.5 Å².